The maximum absolute atomic E-state index is 9.16. The molecule has 1 unspecified atom stereocenters. The van der Waals surface area contributed by atoms with Crippen molar-refractivity contribution in [2.24, 2.45) is 0 Å². The molecule has 5 nitrogen and oxygen atoms in total. The molecule has 1 N–H and O–H groups in total. The molecule has 0 bridgehead atoms. The van der Waals surface area contributed by atoms with Gasteiger partial charge in [0, 0.05) is 24.6 Å². The minimum Gasteiger partial charge on any atom is -0.342 e. The van der Waals surface area contributed by atoms with Crippen LogP contribution < -0.4 is 0 Å². The number of nitrogens with one attached hydrogen (secondary N) is 1. The maximum Gasteiger partial charge on any atom is 0.179 e. The second-order valence-corrected chi connectivity index (χ2v) is 6.40. The van der Waals surface area contributed by atoms with Crippen LogP contribution in [0.4, 0.5) is 0 Å². The van der Waals surface area contributed by atoms with Gasteiger partial charge in [-0.05, 0) is 36.6 Å². The fraction of sp³-hybridized carbons (Fsp3) is 0.250. The summed E-state index contributed by atoms with van der Waals surface area (Å²) in [5, 5.41) is 18.3. The van der Waals surface area contributed by atoms with Crippen molar-refractivity contribution in [2.75, 3.05) is 13.1 Å². The fourth-order valence-electron chi connectivity index (χ4n) is 3.52. The molecule has 1 aromatic heterocycles. The largest absolute Gasteiger partial charge is 0.342 e. The molecule has 1 fully saturated rings. The van der Waals surface area contributed by atoms with Crippen molar-refractivity contribution in [3.05, 3.63) is 53.9 Å². The molecule has 4 rings (SSSR count). The van der Waals surface area contributed by atoms with Crippen LogP contribution in [-0.4, -0.2) is 28.0 Å². The molecule has 25 heavy (non-hydrogen) atoms. The van der Waals surface area contributed by atoms with E-state index in [1.165, 1.54) is 0 Å². The molecule has 0 radical (unpaired) electrons. The Labute approximate surface area is 146 Å². The number of imidazole rings is 1. The normalized spacial score (nSPS) is 17.2. The van der Waals surface area contributed by atoms with Gasteiger partial charge in [0.05, 0.1) is 22.7 Å². The third-order valence-electron chi connectivity index (χ3n) is 4.78. The van der Waals surface area contributed by atoms with E-state index < -0.39 is 0 Å². The predicted octanol–water partition coefficient (Wildman–Crippen LogP) is 3.76. The van der Waals surface area contributed by atoms with Crippen molar-refractivity contribution >= 4 is 11.0 Å². The summed E-state index contributed by atoms with van der Waals surface area (Å²) in [6, 6.07) is 15.8. The number of hydrogen-bond donors (Lipinski definition) is 1. The minimum atomic E-state index is 0.249. The number of benzene rings is 2. The third kappa shape index (κ3) is 2.81. The summed E-state index contributed by atoms with van der Waals surface area (Å²) in [4.78, 5) is 10.1. The maximum atomic E-state index is 9.16. The summed E-state index contributed by atoms with van der Waals surface area (Å²) in [7, 11) is 0. The Morgan fingerprint density at radius 2 is 2.04 bits per heavy atom. The molecule has 0 spiro atoms. The Bertz CT molecular complexity index is 1000. The molecule has 1 atom stereocenters. The summed E-state index contributed by atoms with van der Waals surface area (Å²) in [5.41, 5.74) is 4.56. The summed E-state index contributed by atoms with van der Waals surface area (Å²) in [6.45, 7) is 1.55. The van der Waals surface area contributed by atoms with E-state index in [0.29, 0.717) is 5.56 Å². The van der Waals surface area contributed by atoms with Crippen LogP contribution in [0, 0.1) is 22.8 Å². The van der Waals surface area contributed by atoms with Gasteiger partial charge >= 0.3 is 0 Å². The SMILES string of the molecule is N#Cc1cccc(-c2cccc3[nH]c(C4CCCN(C#N)C4)nc23)c1. The Hall–Kier alpha value is -3.31. The lowest BCUT2D eigenvalue weighted by Crippen LogP contribution is -2.30. The zero-order valence-electron chi connectivity index (χ0n) is 13.7. The number of nitrogens with zero attached hydrogens (tertiary/aromatic N) is 4. The van der Waals surface area contributed by atoms with Crippen LogP contribution in [0.2, 0.25) is 0 Å². The lowest BCUT2D eigenvalue weighted by Gasteiger charge is -2.27. The fourth-order valence-corrected chi connectivity index (χ4v) is 3.52. The van der Waals surface area contributed by atoms with E-state index in [4.69, 9.17) is 15.5 Å². The summed E-state index contributed by atoms with van der Waals surface area (Å²) in [5.74, 6) is 1.19. The average molecular weight is 327 g/mol. The second kappa shape index (κ2) is 6.30. The minimum absolute atomic E-state index is 0.249. The molecule has 1 aliphatic rings. The summed E-state index contributed by atoms with van der Waals surface area (Å²) >= 11 is 0. The van der Waals surface area contributed by atoms with Gasteiger partial charge in [-0.2, -0.15) is 10.5 Å². The average Bonchev–Trinajstić information content (AvgIpc) is 3.12. The highest BCUT2D eigenvalue weighted by molar-refractivity contribution is 5.92. The van der Waals surface area contributed by atoms with Gasteiger partial charge in [-0.15, -0.1) is 0 Å². The number of nitriles is 2. The molecule has 1 aliphatic heterocycles. The van der Waals surface area contributed by atoms with E-state index in [-0.39, 0.29) is 5.92 Å². The number of rotatable bonds is 2. The van der Waals surface area contributed by atoms with Crippen LogP contribution in [0.15, 0.2) is 42.5 Å². The van der Waals surface area contributed by atoms with Crippen LogP contribution in [-0.2, 0) is 0 Å². The molecular formula is C20H17N5. The number of aromatic nitrogens is 2. The van der Waals surface area contributed by atoms with Crippen LogP contribution in [0.5, 0.6) is 0 Å². The van der Waals surface area contributed by atoms with E-state index in [1.54, 1.807) is 11.0 Å². The van der Waals surface area contributed by atoms with Gasteiger partial charge in [0.1, 0.15) is 5.82 Å². The molecule has 122 valence electrons. The van der Waals surface area contributed by atoms with Crippen molar-refractivity contribution in [2.45, 2.75) is 18.8 Å². The first-order valence-electron chi connectivity index (χ1n) is 8.42. The van der Waals surface area contributed by atoms with Crippen molar-refractivity contribution in [1.82, 2.24) is 14.9 Å². The van der Waals surface area contributed by atoms with Crippen molar-refractivity contribution in [1.29, 1.82) is 10.5 Å². The number of aromatic amines is 1. The predicted molar refractivity (Wildman–Crippen MR) is 95.4 cm³/mol. The van der Waals surface area contributed by atoms with E-state index >= 15 is 0 Å². The van der Waals surface area contributed by atoms with Crippen LogP contribution >= 0.6 is 0 Å². The molecule has 2 heterocycles. The van der Waals surface area contributed by atoms with Crippen molar-refractivity contribution in [3.8, 4) is 23.4 Å². The van der Waals surface area contributed by atoms with Gasteiger partial charge in [0.25, 0.3) is 0 Å². The van der Waals surface area contributed by atoms with Crippen LogP contribution in [0.25, 0.3) is 22.2 Å². The van der Waals surface area contributed by atoms with E-state index in [1.807, 2.05) is 36.4 Å². The van der Waals surface area contributed by atoms with Gasteiger partial charge < -0.3 is 9.88 Å². The topological polar surface area (TPSA) is 79.5 Å². The molecule has 0 aliphatic carbocycles. The first-order chi connectivity index (χ1) is 12.3. The number of hydrogen-bond acceptors (Lipinski definition) is 4. The summed E-state index contributed by atoms with van der Waals surface area (Å²) in [6.07, 6.45) is 4.29. The van der Waals surface area contributed by atoms with E-state index in [9.17, 15) is 0 Å². The Balaban J connectivity index is 1.76. The zero-order valence-corrected chi connectivity index (χ0v) is 13.7. The van der Waals surface area contributed by atoms with Crippen molar-refractivity contribution in [3.63, 3.8) is 0 Å². The standard InChI is InChI=1S/C20H17N5/c21-11-14-4-1-5-15(10-14)17-7-2-8-18-19(17)24-20(23-18)16-6-3-9-25(12-16)13-22/h1-2,4-5,7-8,10,16H,3,6,9,12H2,(H,23,24). The van der Waals surface area contributed by atoms with Gasteiger partial charge in [0.15, 0.2) is 6.19 Å². The molecule has 5 heteroatoms. The Morgan fingerprint density at radius 3 is 2.88 bits per heavy atom. The first kappa shape index (κ1) is 15.2. The molecule has 1 saturated heterocycles. The smallest absolute Gasteiger partial charge is 0.179 e. The third-order valence-corrected chi connectivity index (χ3v) is 4.78. The Kier molecular flexibility index (Phi) is 3.84. The highest BCUT2D eigenvalue weighted by atomic mass is 15.1. The first-order valence-corrected chi connectivity index (χ1v) is 8.42. The number of likely N-dealkylation sites (tertiary alicyclic amines) is 1. The molecule has 3 aromatic rings. The zero-order chi connectivity index (χ0) is 17.2. The quantitative estimate of drug-likeness (QED) is 0.727. The highest BCUT2D eigenvalue weighted by Gasteiger charge is 2.23. The highest BCUT2D eigenvalue weighted by Crippen LogP contribution is 2.31. The molecule has 0 saturated carbocycles. The lowest BCUT2D eigenvalue weighted by atomic mass is 9.98. The van der Waals surface area contributed by atoms with E-state index in [0.717, 1.165) is 53.9 Å². The molecule has 0 amide bonds. The number of para-hydroxylation sites is 1. The van der Waals surface area contributed by atoms with Crippen molar-refractivity contribution < 1.29 is 0 Å². The van der Waals surface area contributed by atoms with Gasteiger partial charge in [-0.1, -0.05) is 24.3 Å². The lowest BCUT2D eigenvalue weighted by molar-refractivity contribution is 0.286. The van der Waals surface area contributed by atoms with Gasteiger partial charge in [0.2, 0.25) is 0 Å². The molecule has 2 aromatic carbocycles. The van der Waals surface area contributed by atoms with Crippen LogP contribution in [0.1, 0.15) is 30.1 Å². The van der Waals surface area contributed by atoms with Crippen LogP contribution in [0.3, 0.4) is 0 Å². The summed E-state index contributed by atoms with van der Waals surface area (Å²) < 4.78 is 0. The number of piperidine rings is 1. The van der Waals surface area contributed by atoms with Gasteiger partial charge in [-0.25, -0.2) is 4.98 Å². The number of fused-ring (bicyclic) bond motifs is 1. The van der Waals surface area contributed by atoms with Gasteiger partial charge in [-0.3, -0.25) is 0 Å². The Morgan fingerprint density at radius 1 is 1.16 bits per heavy atom. The molecular weight excluding hydrogens is 310 g/mol. The monoisotopic (exact) mass is 327 g/mol. The second-order valence-electron chi connectivity index (χ2n) is 6.40. The van der Waals surface area contributed by atoms with E-state index in [2.05, 4.69) is 17.2 Å². The number of H-pyrrole nitrogens is 1.